The Hall–Kier alpha value is -4.92. The number of hydrogen-bond acceptors (Lipinski definition) is 9. The predicted molar refractivity (Wildman–Crippen MR) is 244 cm³/mol. The molecular formula is C54H63N3O6. The first kappa shape index (κ1) is 38.5. The highest BCUT2D eigenvalue weighted by molar-refractivity contribution is 5.73. The summed E-state index contributed by atoms with van der Waals surface area (Å²) in [7, 11) is 0. The number of anilines is 3. The first-order valence-electron chi connectivity index (χ1n) is 24.4. The van der Waals surface area contributed by atoms with Gasteiger partial charge in [-0.15, -0.1) is 0 Å². The van der Waals surface area contributed by atoms with Crippen molar-refractivity contribution in [3.63, 3.8) is 0 Å². The van der Waals surface area contributed by atoms with Crippen molar-refractivity contribution in [1.82, 2.24) is 0 Å². The first-order chi connectivity index (χ1) is 30.4. The number of nitrogens with two attached hydrogens (primary N) is 3. The van der Waals surface area contributed by atoms with Gasteiger partial charge in [0.05, 0.1) is 17.1 Å². The van der Waals surface area contributed by atoms with Gasteiger partial charge in [-0.2, -0.15) is 0 Å². The topological polar surface area (TPSA) is 166 Å². The van der Waals surface area contributed by atoms with Crippen molar-refractivity contribution < 1.29 is 29.5 Å². The van der Waals surface area contributed by atoms with E-state index in [2.05, 4.69) is 0 Å². The highest BCUT2D eigenvalue weighted by Gasteiger charge is 2.62. The molecule has 0 atom stereocenters. The van der Waals surface area contributed by atoms with Crippen LogP contribution in [0.1, 0.15) is 132 Å². The molecule has 63 heavy (non-hydrogen) atoms. The van der Waals surface area contributed by atoms with Crippen LogP contribution in [-0.4, -0.2) is 15.3 Å². The lowest BCUT2D eigenvalue weighted by Crippen LogP contribution is -2.55. The van der Waals surface area contributed by atoms with Crippen molar-refractivity contribution >= 4 is 17.1 Å². The number of ether oxygens (including phenoxy) is 3. The van der Waals surface area contributed by atoms with Crippen LogP contribution in [0.5, 0.6) is 51.7 Å². The fourth-order valence-electron chi connectivity index (χ4n) is 17.9. The third kappa shape index (κ3) is 6.06. The molecule has 12 fully saturated rings. The molecule has 4 aromatic rings. The summed E-state index contributed by atoms with van der Waals surface area (Å²) in [5, 5.41) is 32.1. The van der Waals surface area contributed by atoms with Gasteiger partial charge in [-0.1, -0.05) is 0 Å². The largest absolute Gasteiger partial charge is 0.506 e. The van der Waals surface area contributed by atoms with E-state index in [9.17, 15) is 15.3 Å². The Bertz CT molecular complexity index is 2320. The number of phenols is 3. The van der Waals surface area contributed by atoms with E-state index in [0.29, 0.717) is 87.8 Å². The van der Waals surface area contributed by atoms with Crippen LogP contribution in [0.3, 0.4) is 0 Å². The Labute approximate surface area is 370 Å². The third-order valence-electron chi connectivity index (χ3n) is 18.7. The molecule has 12 aliphatic rings. The van der Waals surface area contributed by atoms with E-state index in [0.717, 1.165) is 38.5 Å². The summed E-state index contributed by atoms with van der Waals surface area (Å²) in [6, 6.07) is 15.4. The second-order valence-corrected chi connectivity index (χ2v) is 23.2. The summed E-state index contributed by atoms with van der Waals surface area (Å²) in [5.41, 5.74) is 24.2. The fraction of sp³-hybridized carbons (Fsp3) is 0.556. The highest BCUT2D eigenvalue weighted by Crippen LogP contribution is 2.73. The van der Waals surface area contributed by atoms with Crippen LogP contribution in [0.15, 0.2) is 54.6 Å². The van der Waals surface area contributed by atoms with Crippen LogP contribution in [0.4, 0.5) is 17.1 Å². The standard InChI is InChI=1S/C54H63N3O6/c55-40-16-37(1-4-43(40)58)61-49-47(53-22-31-10-32(23-53)12-33(11-31)24-53)46(52-19-28-7-29(20-52)9-30(8-28)21-52)48(54-25-34-13-35(26-54)15-36(14-34)27-54)50(62-38-2-5-44(59)41(56)17-38)51(49)63-39-3-6-45(60)42(57)18-39/h1-6,16-18,28-36,58-60H,7-15,19-27,55-57H2. The Kier molecular flexibility index (Phi) is 8.29. The number of hydrogen-bond donors (Lipinski definition) is 6. The van der Waals surface area contributed by atoms with Crippen molar-refractivity contribution in [3.8, 4) is 51.7 Å². The monoisotopic (exact) mass is 849 g/mol. The van der Waals surface area contributed by atoms with Crippen molar-refractivity contribution in [2.45, 2.75) is 132 Å². The molecule has 0 aliphatic heterocycles. The molecule has 9 nitrogen and oxygen atoms in total. The van der Waals surface area contributed by atoms with E-state index in [1.807, 2.05) is 12.1 Å². The van der Waals surface area contributed by atoms with E-state index < -0.39 is 0 Å². The Morgan fingerprint density at radius 3 is 0.841 bits per heavy atom. The lowest BCUT2D eigenvalue weighted by atomic mass is 9.41. The molecule has 12 bridgehead atoms. The van der Waals surface area contributed by atoms with E-state index in [-0.39, 0.29) is 50.6 Å². The second kappa shape index (κ2) is 13.6. The van der Waals surface area contributed by atoms with Gasteiger partial charge in [0.15, 0.2) is 11.5 Å². The first-order valence-corrected chi connectivity index (χ1v) is 24.4. The maximum absolute atomic E-state index is 10.7. The van der Waals surface area contributed by atoms with E-state index in [1.165, 1.54) is 88.2 Å². The molecule has 16 rings (SSSR count). The quantitative estimate of drug-likeness (QED) is 0.0710. The van der Waals surface area contributed by atoms with Gasteiger partial charge in [-0.3, -0.25) is 0 Å². The average molecular weight is 850 g/mol. The zero-order chi connectivity index (χ0) is 42.6. The average Bonchev–Trinajstić information content (AvgIpc) is 3.21. The summed E-state index contributed by atoms with van der Waals surface area (Å²) >= 11 is 0. The van der Waals surface area contributed by atoms with Crippen molar-refractivity contribution in [2.75, 3.05) is 17.2 Å². The Balaban J connectivity index is 1.18. The van der Waals surface area contributed by atoms with E-state index >= 15 is 0 Å². The van der Waals surface area contributed by atoms with Gasteiger partial charge in [0.2, 0.25) is 5.75 Å². The van der Waals surface area contributed by atoms with E-state index in [1.54, 1.807) is 48.0 Å². The normalized spacial score (nSPS) is 37.4. The van der Waals surface area contributed by atoms with Gasteiger partial charge in [-0.25, -0.2) is 0 Å². The van der Waals surface area contributed by atoms with Gasteiger partial charge in [-0.05, 0) is 216 Å². The molecule has 0 saturated heterocycles. The van der Waals surface area contributed by atoms with Gasteiger partial charge in [0, 0.05) is 40.2 Å². The van der Waals surface area contributed by atoms with Gasteiger partial charge in [0.25, 0.3) is 0 Å². The molecule has 12 saturated carbocycles. The molecular weight excluding hydrogens is 787 g/mol. The fourth-order valence-corrected chi connectivity index (χ4v) is 17.9. The van der Waals surface area contributed by atoms with Crippen LogP contribution in [-0.2, 0) is 16.2 Å². The van der Waals surface area contributed by atoms with Crippen LogP contribution in [0, 0.1) is 53.3 Å². The Morgan fingerprint density at radius 1 is 0.349 bits per heavy atom. The number of benzene rings is 4. The lowest BCUT2D eigenvalue weighted by Gasteiger charge is -2.63. The zero-order valence-electron chi connectivity index (χ0n) is 36.4. The summed E-state index contributed by atoms with van der Waals surface area (Å²) in [6.45, 7) is 0. The third-order valence-corrected chi connectivity index (χ3v) is 18.7. The number of nitrogen functional groups attached to an aromatic ring is 3. The second-order valence-electron chi connectivity index (χ2n) is 23.2. The molecule has 9 N–H and O–H groups in total. The van der Waals surface area contributed by atoms with Gasteiger partial charge < -0.3 is 46.7 Å². The molecule has 0 radical (unpaired) electrons. The van der Waals surface area contributed by atoms with Crippen molar-refractivity contribution in [3.05, 3.63) is 71.3 Å². The minimum absolute atomic E-state index is 0.00453. The number of aromatic hydroxyl groups is 3. The molecule has 4 aromatic carbocycles. The van der Waals surface area contributed by atoms with Crippen LogP contribution < -0.4 is 31.4 Å². The van der Waals surface area contributed by atoms with Crippen molar-refractivity contribution in [2.24, 2.45) is 53.3 Å². The molecule has 0 spiro atoms. The molecule has 0 amide bonds. The van der Waals surface area contributed by atoms with Gasteiger partial charge in [0.1, 0.15) is 34.5 Å². The lowest BCUT2D eigenvalue weighted by molar-refractivity contribution is -0.0255. The minimum atomic E-state index is -0.115. The molecule has 0 unspecified atom stereocenters. The van der Waals surface area contributed by atoms with Gasteiger partial charge >= 0.3 is 0 Å². The molecule has 12 aliphatic carbocycles. The predicted octanol–water partition coefficient (Wildman–Crippen LogP) is 12.3. The SMILES string of the molecule is Nc1cc(Oc2c(Oc3ccc(O)c(N)c3)c(C34CC5CC(CC(C5)C3)C4)c(C34CC5CC(CC(C5)C3)C4)c(C34CC5CC(CC(C5)C3)C4)c2Oc2ccc(O)c(N)c2)ccc1O. The van der Waals surface area contributed by atoms with Crippen LogP contribution >= 0.6 is 0 Å². The molecule has 330 valence electrons. The summed E-state index contributed by atoms with van der Waals surface area (Å²) in [6.07, 6.45) is 22.4. The minimum Gasteiger partial charge on any atom is -0.506 e. The maximum Gasteiger partial charge on any atom is 0.212 e. The molecule has 0 aromatic heterocycles. The summed E-state index contributed by atoms with van der Waals surface area (Å²) < 4.78 is 22.5. The van der Waals surface area contributed by atoms with E-state index in [4.69, 9.17) is 31.4 Å². The number of rotatable bonds is 9. The van der Waals surface area contributed by atoms with Crippen molar-refractivity contribution in [1.29, 1.82) is 0 Å². The number of phenolic OH excluding ortho intramolecular Hbond substituents is 3. The smallest absolute Gasteiger partial charge is 0.212 e. The summed E-state index contributed by atoms with van der Waals surface area (Å²) in [4.78, 5) is 0. The van der Waals surface area contributed by atoms with Crippen LogP contribution in [0.25, 0.3) is 0 Å². The highest BCUT2D eigenvalue weighted by atomic mass is 16.5. The maximum atomic E-state index is 10.7. The molecule has 0 heterocycles. The molecule has 9 heteroatoms. The zero-order valence-corrected chi connectivity index (χ0v) is 36.4. The van der Waals surface area contributed by atoms with Crippen LogP contribution in [0.2, 0.25) is 0 Å². The Morgan fingerprint density at radius 2 is 0.587 bits per heavy atom. The summed E-state index contributed by atoms with van der Waals surface area (Å²) in [5.74, 6) is 9.67.